The Morgan fingerprint density at radius 3 is 2.23 bits per heavy atom. The maximum atomic E-state index is 13.3. The molecule has 184 valence electrons. The molecule has 3 aromatic rings. The van der Waals surface area contributed by atoms with E-state index in [-0.39, 0.29) is 22.5 Å². The van der Waals surface area contributed by atoms with Crippen molar-refractivity contribution in [2.75, 3.05) is 4.72 Å². The van der Waals surface area contributed by atoms with Gasteiger partial charge in [0.15, 0.2) is 0 Å². The van der Waals surface area contributed by atoms with Crippen molar-refractivity contribution in [2.24, 2.45) is 18.9 Å². The zero-order valence-electron chi connectivity index (χ0n) is 20.1. The summed E-state index contributed by atoms with van der Waals surface area (Å²) in [5.74, 6) is 0.826. The second kappa shape index (κ2) is 8.71. The first-order valence-electron chi connectivity index (χ1n) is 12.0. The van der Waals surface area contributed by atoms with E-state index in [9.17, 15) is 18.0 Å². The van der Waals surface area contributed by atoms with Gasteiger partial charge in [0.25, 0.3) is 21.5 Å². The van der Waals surface area contributed by atoms with Crippen molar-refractivity contribution in [1.29, 1.82) is 0 Å². The van der Waals surface area contributed by atoms with E-state index in [1.54, 1.807) is 43.8 Å². The van der Waals surface area contributed by atoms with Gasteiger partial charge in [-0.15, -0.1) is 0 Å². The number of nitrogens with one attached hydrogen (secondary N) is 2. The minimum Gasteiger partial charge on any atom is -0.349 e. The van der Waals surface area contributed by atoms with Crippen molar-refractivity contribution >= 4 is 21.6 Å². The first kappa shape index (κ1) is 23.4. The quantitative estimate of drug-likeness (QED) is 0.500. The van der Waals surface area contributed by atoms with Gasteiger partial charge in [-0.25, -0.2) is 13.1 Å². The molecular formula is C26H30N4O4S. The zero-order chi connectivity index (χ0) is 24.9. The number of rotatable bonds is 8. The number of amides is 1. The smallest absolute Gasteiger partial charge is 0.296 e. The normalized spacial score (nSPS) is 15.9. The number of carbonyl (C=O) groups is 1. The van der Waals surface area contributed by atoms with Crippen LogP contribution in [0.5, 0.6) is 0 Å². The summed E-state index contributed by atoms with van der Waals surface area (Å²) in [6, 6.07) is 13.7. The second-order valence-corrected chi connectivity index (χ2v) is 11.4. The summed E-state index contributed by atoms with van der Waals surface area (Å²) < 4.78 is 32.1. The Kier molecular flexibility index (Phi) is 5.83. The summed E-state index contributed by atoms with van der Waals surface area (Å²) in [5.41, 5.74) is 1.65. The molecule has 1 amide bonds. The van der Waals surface area contributed by atoms with Gasteiger partial charge in [-0.05, 0) is 81.2 Å². The van der Waals surface area contributed by atoms with E-state index in [0.29, 0.717) is 34.3 Å². The maximum absolute atomic E-state index is 13.3. The first-order valence-corrected chi connectivity index (χ1v) is 13.4. The summed E-state index contributed by atoms with van der Waals surface area (Å²) in [7, 11) is -2.41. The number of anilines is 1. The number of sulfonamides is 1. The predicted molar refractivity (Wildman–Crippen MR) is 134 cm³/mol. The molecule has 2 saturated carbocycles. The van der Waals surface area contributed by atoms with E-state index in [1.165, 1.54) is 16.8 Å². The lowest BCUT2D eigenvalue weighted by Gasteiger charge is -2.19. The minimum atomic E-state index is -4.11. The molecule has 2 aliphatic rings. The highest BCUT2D eigenvalue weighted by atomic mass is 32.2. The van der Waals surface area contributed by atoms with Crippen LogP contribution in [0.2, 0.25) is 0 Å². The van der Waals surface area contributed by atoms with Crippen molar-refractivity contribution < 1.29 is 13.2 Å². The van der Waals surface area contributed by atoms with Gasteiger partial charge in [-0.3, -0.25) is 19.0 Å². The molecule has 5 rings (SSSR count). The number of carbonyl (C=O) groups excluding carboxylic acids is 1. The van der Waals surface area contributed by atoms with Crippen molar-refractivity contribution in [3.05, 3.63) is 75.7 Å². The average Bonchev–Trinajstić information content (AvgIpc) is 3.75. The van der Waals surface area contributed by atoms with Crippen LogP contribution in [0.3, 0.4) is 0 Å². The summed E-state index contributed by atoms with van der Waals surface area (Å²) in [6.45, 7) is 3.48. The lowest BCUT2D eigenvalue weighted by Crippen LogP contribution is -2.38. The van der Waals surface area contributed by atoms with Crippen LogP contribution in [-0.4, -0.2) is 29.7 Å². The van der Waals surface area contributed by atoms with Crippen LogP contribution in [0.15, 0.2) is 58.2 Å². The molecule has 0 spiro atoms. The molecule has 0 radical (unpaired) electrons. The van der Waals surface area contributed by atoms with Gasteiger partial charge in [0.2, 0.25) is 0 Å². The van der Waals surface area contributed by atoms with E-state index in [4.69, 9.17) is 0 Å². The van der Waals surface area contributed by atoms with Gasteiger partial charge in [-0.2, -0.15) is 0 Å². The molecule has 9 heteroatoms. The molecule has 35 heavy (non-hydrogen) atoms. The fraction of sp³-hybridized carbons (Fsp3) is 0.385. The SMILES string of the molecule is Cc1ccc(S(=O)(=O)Nc2c(C)n(C)n(-c3ccccc3)c2=O)cc1C(=O)NC(C1CC1)C1CC1. The van der Waals surface area contributed by atoms with Gasteiger partial charge >= 0.3 is 0 Å². The molecule has 1 heterocycles. The number of para-hydroxylation sites is 1. The number of nitrogens with zero attached hydrogens (tertiary/aromatic N) is 2. The van der Waals surface area contributed by atoms with Crippen LogP contribution in [0, 0.1) is 25.7 Å². The van der Waals surface area contributed by atoms with Crippen LogP contribution in [0.25, 0.3) is 5.69 Å². The van der Waals surface area contributed by atoms with Gasteiger partial charge in [0.05, 0.1) is 16.3 Å². The second-order valence-electron chi connectivity index (χ2n) is 9.69. The Morgan fingerprint density at radius 2 is 1.63 bits per heavy atom. The Balaban J connectivity index is 1.44. The molecule has 2 aliphatic carbocycles. The van der Waals surface area contributed by atoms with Crippen LogP contribution in [0.4, 0.5) is 5.69 Å². The van der Waals surface area contributed by atoms with Gasteiger partial charge < -0.3 is 5.32 Å². The highest BCUT2D eigenvalue weighted by Gasteiger charge is 2.42. The average molecular weight is 495 g/mol. The molecule has 0 aliphatic heterocycles. The lowest BCUT2D eigenvalue weighted by molar-refractivity contribution is 0.0925. The maximum Gasteiger partial charge on any atom is 0.296 e. The third-order valence-electron chi connectivity index (χ3n) is 7.11. The summed E-state index contributed by atoms with van der Waals surface area (Å²) in [5, 5.41) is 3.16. The van der Waals surface area contributed by atoms with Gasteiger partial charge in [0.1, 0.15) is 5.69 Å². The highest BCUT2D eigenvalue weighted by Crippen LogP contribution is 2.44. The molecule has 0 bridgehead atoms. The fourth-order valence-electron chi connectivity index (χ4n) is 4.65. The molecule has 2 aromatic carbocycles. The Hall–Kier alpha value is -3.33. The lowest BCUT2D eigenvalue weighted by atomic mass is 10.0. The summed E-state index contributed by atoms with van der Waals surface area (Å²) >= 11 is 0. The molecule has 0 unspecified atom stereocenters. The van der Waals surface area contributed by atoms with Gasteiger partial charge in [-0.1, -0.05) is 24.3 Å². The predicted octanol–water partition coefficient (Wildman–Crippen LogP) is 3.51. The number of benzene rings is 2. The Bertz CT molecular complexity index is 1440. The van der Waals surface area contributed by atoms with Crippen molar-refractivity contribution in [3.63, 3.8) is 0 Å². The molecule has 8 nitrogen and oxygen atoms in total. The number of aryl methyl sites for hydroxylation is 1. The van der Waals surface area contributed by atoms with E-state index in [1.807, 2.05) is 18.2 Å². The number of hydrogen-bond acceptors (Lipinski definition) is 4. The minimum absolute atomic E-state index is 0.0227. The third-order valence-corrected chi connectivity index (χ3v) is 8.46. The van der Waals surface area contributed by atoms with Crippen LogP contribution in [0.1, 0.15) is 47.3 Å². The first-order chi connectivity index (χ1) is 16.7. The number of aromatic nitrogens is 2. The Morgan fingerprint density at radius 1 is 1.00 bits per heavy atom. The van der Waals surface area contributed by atoms with Crippen molar-refractivity contribution in [3.8, 4) is 5.69 Å². The topological polar surface area (TPSA) is 102 Å². The molecular weight excluding hydrogens is 464 g/mol. The molecule has 2 N–H and O–H groups in total. The molecule has 0 atom stereocenters. The van der Waals surface area contributed by atoms with Gasteiger partial charge in [0, 0.05) is 18.7 Å². The molecule has 1 aromatic heterocycles. The zero-order valence-corrected chi connectivity index (χ0v) is 20.9. The number of hydrogen-bond donors (Lipinski definition) is 2. The molecule has 0 saturated heterocycles. The van der Waals surface area contributed by atoms with Crippen LogP contribution in [-0.2, 0) is 17.1 Å². The monoisotopic (exact) mass is 494 g/mol. The standard InChI is InChI=1S/C26H30N4O4S/c1-16-9-14-21(15-22(16)25(31)27-24(18-10-11-18)19-12-13-19)35(33,34)28-23-17(2)29(3)30(26(23)32)20-7-5-4-6-8-20/h4-9,14-15,18-19,24,28H,10-13H2,1-3H3,(H,27,31). The Labute approximate surface area is 205 Å². The third kappa shape index (κ3) is 4.52. The largest absolute Gasteiger partial charge is 0.349 e. The van der Waals surface area contributed by atoms with Crippen molar-refractivity contribution in [1.82, 2.24) is 14.7 Å². The van der Waals surface area contributed by atoms with E-state index < -0.39 is 15.6 Å². The van der Waals surface area contributed by atoms with Crippen LogP contribution >= 0.6 is 0 Å². The van der Waals surface area contributed by atoms with E-state index >= 15 is 0 Å². The highest BCUT2D eigenvalue weighted by molar-refractivity contribution is 7.92. The summed E-state index contributed by atoms with van der Waals surface area (Å²) in [6.07, 6.45) is 4.54. The van der Waals surface area contributed by atoms with E-state index in [0.717, 1.165) is 25.7 Å². The van der Waals surface area contributed by atoms with Crippen LogP contribution < -0.4 is 15.6 Å². The fourth-order valence-corrected chi connectivity index (χ4v) is 5.79. The van der Waals surface area contributed by atoms with Crippen molar-refractivity contribution in [2.45, 2.75) is 50.5 Å². The van der Waals surface area contributed by atoms with E-state index in [2.05, 4.69) is 10.0 Å². The molecule has 2 fully saturated rings. The summed E-state index contributed by atoms with van der Waals surface area (Å²) in [4.78, 5) is 26.2.